The fourth-order valence-electron chi connectivity index (χ4n) is 1.51. The Labute approximate surface area is 94.5 Å². The molecule has 1 aromatic rings. The molecule has 0 saturated heterocycles. The van der Waals surface area contributed by atoms with Crippen LogP contribution in [0, 0.1) is 5.92 Å². The zero-order valence-electron chi connectivity index (χ0n) is 9.80. The van der Waals surface area contributed by atoms with E-state index in [-0.39, 0.29) is 11.6 Å². The molecular weight excluding hydrogens is 206 g/mol. The maximum Gasteiger partial charge on any atom is 0.306 e. The van der Waals surface area contributed by atoms with Crippen molar-refractivity contribution in [2.24, 2.45) is 5.92 Å². The molecule has 0 aliphatic rings. The van der Waals surface area contributed by atoms with Crippen molar-refractivity contribution in [1.29, 1.82) is 0 Å². The molecule has 1 rings (SSSR count). The van der Waals surface area contributed by atoms with Crippen LogP contribution in [0.2, 0.25) is 0 Å². The van der Waals surface area contributed by atoms with Crippen LogP contribution in [0.3, 0.4) is 0 Å². The molecule has 4 heteroatoms. The van der Waals surface area contributed by atoms with Gasteiger partial charge in [-0.25, -0.2) is 0 Å². The molecule has 0 aromatic carbocycles. The summed E-state index contributed by atoms with van der Waals surface area (Å²) in [5.74, 6) is -1.25. The lowest BCUT2D eigenvalue weighted by Crippen LogP contribution is -2.22. The van der Waals surface area contributed by atoms with Crippen molar-refractivity contribution in [1.82, 2.24) is 4.57 Å². The highest BCUT2D eigenvalue weighted by Crippen LogP contribution is 2.09. The molecule has 0 bridgehead atoms. The normalized spacial score (nSPS) is 12.8. The van der Waals surface area contributed by atoms with Gasteiger partial charge < -0.3 is 9.67 Å². The van der Waals surface area contributed by atoms with Crippen LogP contribution in [0.5, 0.6) is 0 Å². The molecule has 16 heavy (non-hydrogen) atoms. The maximum atomic E-state index is 11.5. The van der Waals surface area contributed by atoms with Gasteiger partial charge in [0.2, 0.25) is 0 Å². The van der Waals surface area contributed by atoms with Crippen LogP contribution in [-0.4, -0.2) is 15.6 Å². The van der Waals surface area contributed by atoms with E-state index in [2.05, 4.69) is 0 Å². The number of aliphatic carboxylic acids is 1. The molecule has 0 aliphatic heterocycles. The molecular formula is C12H17NO3. The molecule has 1 atom stereocenters. The first-order chi connectivity index (χ1) is 7.41. The van der Waals surface area contributed by atoms with E-state index in [0.29, 0.717) is 6.42 Å². The molecule has 1 unspecified atom stereocenters. The zero-order valence-corrected chi connectivity index (χ0v) is 9.80. The molecule has 4 nitrogen and oxygen atoms in total. The predicted octanol–water partition coefficient (Wildman–Crippen LogP) is 1.69. The van der Waals surface area contributed by atoms with Crippen molar-refractivity contribution in [2.45, 2.75) is 33.2 Å². The second kappa shape index (κ2) is 4.96. The number of nitrogens with zero attached hydrogens (tertiary/aromatic N) is 1. The minimum Gasteiger partial charge on any atom is -0.481 e. The van der Waals surface area contributed by atoms with Gasteiger partial charge >= 0.3 is 5.97 Å². The number of carbonyl (C=O) groups is 1. The topological polar surface area (TPSA) is 59.3 Å². The summed E-state index contributed by atoms with van der Waals surface area (Å²) in [5, 5.41) is 8.81. The average Bonchev–Trinajstić information content (AvgIpc) is 2.20. The van der Waals surface area contributed by atoms with E-state index >= 15 is 0 Å². The van der Waals surface area contributed by atoms with Crippen LogP contribution in [0.15, 0.2) is 23.1 Å². The van der Waals surface area contributed by atoms with Gasteiger partial charge in [0.15, 0.2) is 0 Å². The van der Waals surface area contributed by atoms with Gasteiger partial charge in [-0.15, -0.1) is 0 Å². The summed E-state index contributed by atoms with van der Waals surface area (Å²) in [6, 6.07) is 3.28. The Morgan fingerprint density at radius 2 is 2.00 bits per heavy atom. The smallest absolute Gasteiger partial charge is 0.306 e. The Bertz CT molecular complexity index is 434. The van der Waals surface area contributed by atoms with Crippen LogP contribution in [0.25, 0.3) is 0 Å². The SMILES string of the molecule is CC(Cc1ccc(=O)n(C(C)C)c1)C(=O)O. The summed E-state index contributed by atoms with van der Waals surface area (Å²) in [7, 11) is 0. The molecule has 88 valence electrons. The summed E-state index contributed by atoms with van der Waals surface area (Å²) in [5.41, 5.74) is 0.824. The van der Waals surface area contributed by atoms with E-state index in [1.807, 2.05) is 13.8 Å². The molecule has 1 N–H and O–H groups in total. The second-order valence-electron chi connectivity index (χ2n) is 4.32. The maximum absolute atomic E-state index is 11.5. The summed E-state index contributed by atoms with van der Waals surface area (Å²) >= 11 is 0. The average molecular weight is 223 g/mol. The van der Waals surface area contributed by atoms with Gasteiger partial charge in [0.25, 0.3) is 5.56 Å². The minimum atomic E-state index is -0.817. The van der Waals surface area contributed by atoms with Crippen molar-refractivity contribution in [3.8, 4) is 0 Å². The number of rotatable bonds is 4. The highest BCUT2D eigenvalue weighted by Gasteiger charge is 2.12. The monoisotopic (exact) mass is 223 g/mol. The predicted molar refractivity (Wildman–Crippen MR) is 61.6 cm³/mol. The number of hydrogen-bond acceptors (Lipinski definition) is 2. The van der Waals surface area contributed by atoms with Gasteiger partial charge in [0, 0.05) is 18.3 Å². The van der Waals surface area contributed by atoms with E-state index in [1.54, 1.807) is 23.8 Å². The van der Waals surface area contributed by atoms with E-state index in [0.717, 1.165) is 5.56 Å². The Balaban J connectivity index is 2.95. The van der Waals surface area contributed by atoms with E-state index in [9.17, 15) is 9.59 Å². The first-order valence-electron chi connectivity index (χ1n) is 5.35. The number of hydrogen-bond donors (Lipinski definition) is 1. The van der Waals surface area contributed by atoms with E-state index in [4.69, 9.17) is 5.11 Å². The molecule has 0 amide bonds. The number of carboxylic acid groups (broad SMARTS) is 1. The third-order valence-electron chi connectivity index (χ3n) is 2.52. The van der Waals surface area contributed by atoms with Gasteiger partial charge in [-0.2, -0.15) is 0 Å². The Morgan fingerprint density at radius 3 is 2.50 bits per heavy atom. The lowest BCUT2D eigenvalue weighted by Gasteiger charge is -2.12. The van der Waals surface area contributed by atoms with Crippen LogP contribution >= 0.6 is 0 Å². The molecule has 1 heterocycles. The standard InChI is InChI=1S/C12H17NO3/c1-8(2)13-7-10(4-5-11(13)14)6-9(3)12(15)16/h4-5,7-9H,6H2,1-3H3,(H,15,16). The molecule has 0 fully saturated rings. The highest BCUT2D eigenvalue weighted by atomic mass is 16.4. The van der Waals surface area contributed by atoms with Crippen molar-refractivity contribution < 1.29 is 9.90 Å². The van der Waals surface area contributed by atoms with Crippen molar-refractivity contribution in [2.75, 3.05) is 0 Å². The second-order valence-corrected chi connectivity index (χ2v) is 4.32. The van der Waals surface area contributed by atoms with Gasteiger partial charge in [-0.05, 0) is 25.8 Å². The van der Waals surface area contributed by atoms with Crippen LogP contribution < -0.4 is 5.56 Å². The van der Waals surface area contributed by atoms with Gasteiger partial charge in [-0.1, -0.05) is 13.0 Å². The zero-order chi connectivity index (χ0) is 12.3. The Kier molecular flexibility index (Phi) is 3.88. The molecule has 0 aliphatic carbocycles. The van der Waals surface area contributed by atoms with Crippen molar-refractivity contribution in [3.05, 3.63) is 34.2 Å². The Hall–Kier alpha value is -1.58. The first-order valence-corrected chi connectivity index (χ1v) is 5.35. The third kappa shape index (κ3) is 2.95. The molecule has 0 saturated carbocycles. The number of carboxylic acids is 1. The third-order valence-corrected chi connectivity index (χ3v) is 2.52. The molecule has 0 spiro atoms. The van der Waals surface area contributed by atoms with Crippen molar-refractivity contribution >= 4 is 5.97 Å². The van der Waals surface area contributed by atoms with Gasteiger partial charge in [0.05, 0.1) is 5.92 Å². The molecule has 0 radical (unpaired) electrons. The quantitative estimate of drug-likeness (QED) is 0.845. The summed E-state index contributed by atoms with van der Waals surface area (Å²) in [4.78, 5) is 22.2. The van der Waals surface area contributed by atoms with E-state index < -0.39 is 11.9 Å². The van der Waals surface area contributed by atoms with Crippen LogP contribution in [-0.2, 0) is 11.2 Å². The minimum absolute atomic E-state index is 0.0540. The highest BCUT2D eigenvalue weighted by molar-refractivity contribution is 5.69. The lowest BCUT2D eigenvalue weighted by atomic mass is 10.0. The van der Waals surface area contributed by atoms with E-state index in [1.165, 1.54) is 6.07 Å². The number of pyridine rings is 1. The van der Waals surface area contributed by atoms with Gasteiger partial charge in [-0.3, -0.25) is 9.59 Å². The van der Waals surface area contributed by atoms with Crippen LogP contribution in [0.1, 0.15) is 32.4 Å². The van der Waals surface area contributed by atoms with Crippen LogP contribution in [0.4, 0.5) is 0 Å². The van der Waals surface area contributed by atoms with Crippen molar-refractivity contribution in [3.63, 3.8) is 0 Å². The first kappa shape index (κ1) is 12.5. The lowest BCUT2D eigenvalue weighted by molar-refractivity contribution is -0.141. The Morgan fingerprint density at radius 1 is 1.38 bits per heavy atom. The number of aromatic nitrogens is 1. The molecule has 1 aromatic heterocycles. The summed E-state index contributed by atoms with van der Waals surface area (Å²) in [6.45, 7) is 5.50. The fourth-order valence-corrected chi connectivity index (χ4v) is 1.51. The fraction of sp³-hybridized carbons (Fsp3) is 0.500. The van der Waals surface area contributed by atoms with Gasteiger partial charge in [0.1, 0.15) is 0 Å². The summed E-state index contributed by atoms with van der Waals surface area (Å²) in [6.07, 6.45) is 2.19. The largest absolute Gasteiger partial charge is 0.481 e. The summed E-state index contributed by atoms with van der Waals surface area (Å²) < 4.78 is 1.61.